The molecule has 1 aliphatic carbocycles. The minimum Gasteiger partial charge on any atom is -0.320 e. The molecule has 0 unspecified atom stereocenters. The molecule has 1 atom stereocenters. The number of anilines is 1. The third kappa shape index (κ3) is 2.96. The van der Waals surface area contributed by atoms with E-state index in [4.69, 9.17) is 0 Å². The van der Waals surface area contributed by atoms with Crippen molar-refractivity contribution in [2.24, 2.45) is 7.05 Å². The van der Waals surface area contributed by atoms with Crippen molar-refractivity contribution in [3.05, 3.63) is 43.8 Å². The zero-order valence-electron chi connectivity index (χ0n) is 14.4. The molecule has 0 aromatic carbocycles. The van der Waals surface area contributed by atoms with Gasteiger partial charge in [0, 0.05) is 20.3 Å². The van der Waals surface area contributed by atoms with Gasteiger partial charge in [0.25, 0.3) is 5.56 Å². The SMILES string of the molecule is Cc1nc2c(s1)[C@@H](N(C)C(=O)Nc1c(C)ccn(C)c1=O)CCC2. The van der Waals surface area contributed by atoms with E-state index in [1.807, 2.05) is 19.9 Å². The van der Waals surface area contributed by atoms with Crippen LogP contribution in [0.15, 0.2) is 17.1 Å². The van der Waals surface area contributed by atoms with Crippen LogP contribution in [-0.4, -0.2) is 27.5 Å². The Morgan fingerprint density at radius 3 is 2.96 bits per heavy atom. The summed E-state index contributed by atoms with van der Waals surface area (Å²) in [4.78, 5) is 32.4. The highest BCUT2D eigenvalue weighted by Crippen LogP contribution is 2.37. The predicted octanol–water partition coefficient (Wildman–Crippen LogP) is 3.00. The van der Waals surface area contributed by atoms with Crippen molar-refractivity contribution in [3.63, 3.8) is 0 Å². The Morgan fingerprint density at radius 1 is 1.46 bits per heavy atom. The van der Waals surface area contributed by atoms with Crippen LogP contribution < -0.4 is 10.9 Å². The van der Waals surface area contributed by atoms with Crippen molar-refractivity contribution in [2.45, 2.75) is 39.2 Å². The van der Waals surface area contributed by atoms with Gasteiger partial charge < -0.3 is 14.8 Å². The van der Waals surface area contributed by atoms with Gasteiger partial charge in [0.15, 0.2) is 0 Å². The predicted molar refractivity (Wildman–Crippen MR) is 95.7 cm³/mol. The molecule has 7 heteroatoms. The fourth-order valence-electron chi connectivity index (χ4n) is 3.10. The molecule has 2 amide bonds. The average Bonchev–Trinajstić information content (AvgIpc) is 2.94. The van der Waals surface area contributed by atoms with Crippen LogP contribution in [0.5, 0.6) is 0 Å². The van der Waals surface area contributed by atoms with Gasteiger partial charge in [-0.25, -0.2) is 9.78 Å². The zero-order valence-corrected chi connectivity index (χ0v) is 15.2. The first kappa shape index (κ1) is 16.7. The summed E-state index contributed by atoms with van der Waals surface area (Å²) >= 11 is 1.66. The first-order chi connectivity index (χ1) is 11.4. The largest absolute Gasteiger partial charge is 0.322 e. The molecule has 6 nitrogen and oxygen atoms in total. The number of pyridine rings is 1. The number of rotatable bonds is 2. The van der Waals surface area contributed by atoms with E-state index in [9.17, 15) is 9.59 Å². The molecule has 2 heterocycles. The Balaban J connectivity index is 1.84. The van der Waals surface area contributed by atoms with Crippen LogP contribution in [0.25, 0.3) is 0 Å². The highest BCUT2D eigenvalue weighted by atomic mass is 32.1. The van der Waals surface area contributed by atoms with Crippen molar-refractivity contribution in [3.8, 4) is 0 Å². The van der Waals surface area contributed by atoms with Crippen LogP contribution >= 0.6 is 11.3 Å². The van der Waals surface area contributed by atoms with Gasteiger partial charge in [-0.2, -0.15) is 0 Å². The molecule has 1 aliphatic rings. The van der Waals surface area contributed by atoms with Crippen LogP contribution in [-0.2, 0) is 13.5 Å². The number of fused-ring (bicyclic) bond motifs is 1. The third-order valence-electron chi connectivity index (χ3n) is 4.52. The number of nitrogens with zero attached hydrogens (tertiary/aromatic N) is 3. The minimum atomic E-state index is -0.259. The normalized spacial score (nSPS) is 16.6. The lowest BCUT2D eigenvalue weighted by atomic mass is 9.97. The van der Waals surface area contributed by atoms with E-state index in [0.29, 0.717) is 5.69 Å². The number of nitrogens with one attached hydrogen (secondary N) is 1. The van der Waals surface area contributed by atoms with Gasteiger partial charge in [-0.3, -0.25) is 4.79 Å². The van der Waals surface area contributed by atoms with Crippen LogP contribution in [0.3, 0.4) is 0 Å². The van der Waals surface area contributed by atoms with Crippen LogP contribution in [0.2, 0.25) is 0 Å². The third-order valence-corrected chi connectivity index (χ3v) is 5.64. The van der Waals surface area contributed by atoms with Crippen molar-refractivity contribution in [1.29, 1.82) is 0 Å². The van der Waals surface area contributed by atoms with E-state index in [0.717, 1.165) is 35.5 Å². The Kier molecular flexibility index (Phi) is 4.45. The topological polar surface area (TPSA) is 67.2 Å². The smallest absolute Gasteiger partial charge is 0.320 e. The van der Waals surface area contributed by atoms with Crippen molar-refractivity contribution >= 4 is 23.1 Å². The monoisotopic (exact) mass is 346 g/mol. The molecule has 128 valence electrons. The van der Waals surface area contributed by atoms with Gasteiger partial charge in [-0.1, -0.05) is 0 Å². The Labute approximate surface area is 145 Å². The second kappa shape index (κ2) is 6.39. The van der Waals surface area contributed by atoms with Gasteiger partial charge in [0.1, 0.15) is 5.69 Å². The van der Waals surface area contributed by atoms with Gasteiger partial charge in [-0.15, -0.1) is 11.3 Å². The van der Waals surface area contributed by atoms with E-state index in [2.05, 4.69) is 10.3 Å². The molecule has 24 heavy (non-hydrogen) atoms. The van der Waals surface area contributed by atoms with Crippen LogP contribution in [0, 0.1) is 13.8 Å². The molecule has 0 bridgehead atoms. The maximum Gasteiger partial charge on any atom is 0.322 e. The Bertz CT molecular complexity index is 840. The summed E-state index contributed by atoms with van der Waals surface area (Å²) in [6.45, 7) is 3.82. The molecule has 2 aromatic rings. The molecular formula is C17H22N4O2S. The standard InChI is InChI=1S/C17H22N4O2S/c1-10-8-9-20(3)16(22)14(10)19-17(23)21(4)13-7-5-6-12-15(13)24-11(2)18-12/h8-9,13H,5-7H2,1-4H3,(H,19,23)/t13-/m0/s1. The Hall–Kier alpha value is -2.15. The van der Waals surface area contributed by atoms with Gasteiger partial charge >= 0.3 is 6.03 Å². The van der Waals surface area contributed by atoms with Gasteiger partial charge in [-0.05, 0) is 44.7 Å². The van der Waals surface area contributed by atoms with Gasteiger partial charge in [0.2, 0.25) is 0 Å². The second-order valence-electron chi connectivity index (χ2n) is 6.28. The first-order valence-corrected chi connectivity index (χ1v) is 8.86. The summed E-state index contributed by atoms with van der Waals surface area (Å²) < 4.78 is 1.47. The van der Waals surface area contributed by atoms with E-state index in [1.54, 1.807) is 36.5 Å². The fourth-order valence-corrected chi connectivity index (χ4v) is 4.25. The van der Waals surface area contributed by atoms with Crippen LogP contribution in [0.1, 0.15) is 40.0 Å². The highest BCUT2D eigenvalue weighted by Gasteiger charge is 2.30. The fraction of sp³-hybridized carbons (Fsp3) is 0.471. The first-order valence-electron chi connectivity index (χ1n) is 8.04. The average molecular weight is 346 g/mol. The molecule has 0 aliphatic heterocycles. The summed E-state index contributed by atoms with van der Waals surface area (Å²) in [6.07, 6.45) is 4.61. The van der Waals surface area contributed by atoms with E-state index in [-0.39, 0.29) is 17.6 Å². The second-order valence-corrected chi connectivity index (χ2v) is 7.52. The summed E-state index contributed by atoms with van der Waals surface area (Å²) in [7, 11) is 3.46. The minimum absolute atomic E-state index is 0.0211. The number of carbonyl (C=O) groups is 1. The van der Waals surface area contributed by atoms with Crippen molar-refractivity contribution in [2.75, 3.05) is 12.4 Å². The molecule has 0 saturated heterocycles. The Morgan fingerprint density at radius 2 is 2.21 bits per heavy atom. The molecular weight excluding hydrogens is 324 g/mol. The number of aryl methyl sites for hydroxylation is 4. The highest BCUT2D eigenvalue weighted by molar-refractivity contribution is 7.11. The number of hydrogen-bond acceptors (Lipinski definition) is 4. The summed E-state index contributed by atoms with van der Waals surface area (Å²) in [5, 5.41) is 3.83. The number of hydrogen-bond donors (Lipinski definition) is 1. The maximum atomic E-state index is 12.7. The van der Waals surface area contributed by atoms with E-state index >= 15 is 0 Å². The number of aromatic nitrogens is 2. The number of amides is 2. The maximum absolute atomic E-state index is 12.7. The lowest BCUT2D eigenvalue weighted by Gasteiger charge is -2.30. The van der Waals surface area contributed by atoms with Gasteiger partial charge in [0.05, 0.1) is 21.6 Å². The quantitative estimate of drug-likeness (QED) is 0.909. The van der Waals surface area contributed by atoms with Crippen LogP contribution in [0.4, 0.5) is 10.5 Å². The number of thiazole rings is 1. The molecule has 0 spiro atoms. The summed E-state index contributed by atoms with van der Waals surface area (Å²) in [5.41, 5.74) is 2.01. The lowest BCUT2D eigenvalue weighted by molar-refractivity contribution is 0.198. The van der Waals surface area contributed by atoms with E-state index < -0.39 is 0 Å². The van der Waals surface area contributed by atoms with E-state index in [1.165, 1.54) is 9.44 Å². The zero-order chi connectivity index (χ0) is 17.4. The lowest BCUT2D eigenvalue weighted by Crippen LogP contribution is -2.38. The number of carbonyl (C=O) groups excluding carboxylic acids is 1. The number of urea groups is 1. The van der Waals surface area contributed by atoms with Crippen molar-refractivity contribution < 1.29 is 4.79 Å². The summed E-state index contributed by atoms with van der Waals surface area (Å²) in [5.74, 6) is 0. The summed E-state index contributed by atoms with van der Waals surface area (Å²) in [6, 6.07) is 1.58. The molecule has 3 rings (SSSR count). The molecule has 0 saturated carbocycles. The van der Waals surface area contributed by atoms with Crippen molar-refractivity contribution in [1.82, 2.24) is 14.5 Å². The molecule has 0 fully saturated rings. The molecule has 1 N–H and O–H groups in total. The molecule has 2 aromatic heterocycles. The molecule has 0 radical (unpaired) electrons.